The normalized spacial score (nSPS) is 10.3. The number of fused-ring (bicyclic) bond motifs is 1. The molecule has 0 saturated heterocycles. The number of rotatable bonds is 1. The number of hydrogen-bond acceptors (Lipinski definition) is 4. The maximum absolute atomic E-state index is 8.84. The van der Waals surface area contributed by atoms with Crippen molar-refractivity contribution in [3.63, 3.8) is 0 Å². The van der Waals surface area contributed by atoms with E-state index in [2.05, 4.69) is 16.0 Å². The summed E-state index contributed by atoms with van der Waals surface area (Å²) in [5.41, 5.74) is 2.57. The van der Waals surface area contributed by atoms with Crippen LogP contribution in [0.5, 0.6) is 0 Å². The van der Waals surface area contributed by atoms with Crippen LogP contribution in [0.2, 0.25) is 0 Å². The molecule has 3 rings (SSSR count). The molecule has 0 aliphatic heterocycles. The highest BCUT2D eigenvalue weighted by molar-refractivity contribution is 7.21. The van der Waals surface area contributed by atoms with Gasteiger partial charge in [0, 0.05) is 18.0 Å². The molecular weight excluding hydrogens is 230 g/mol. The fraction of sp³-hybridized carbons (Fsp3) is 0. The second-order valence-electron chi connectivity index (χ2n) is 3.55. The summed E-state index contributed by atoms with van der Waals surface area (Å²) in [6.07, 6.45) is 3.50. The van der Waals surface area contributed by atoms with Crippen molar-refractivity contribution in [2.45, 2.75) is 0 Å². The van der Waals surface area contributed by atoms with E-state index in [1.54, 1.807) is 23.7 Å². The quantitative estimate of drug-likeness (QED) is 0.652. The highest BCUT2D eigenvalue weighted by Crippen LogP contribution is 2.29. The van der Waals surface area contributed by atoms with Crippen molar-refractivity contribution in [2.75, 3.05) is 0 Å². The Bertz CT molecular complexity index is 710. The Morgan fingerprint density at radius 2 is 1.94 bits per heavy atom. The van der Waals surface area contributed by atoms with Gasteiger partial charge in [0.15, 0.2) is 0 Å². The molecule has 1 aromatic carbocycles. The Labute approximate surface area is 102 Å². The summed E-state index contributed by atoms with van der Waals surface area (Å²) in [7, 11) is 0. The average Bonchev–Trinajstić information content (AvgIpc) is 2.82. The highest BCUT2D eigenvalue weighted by atomic mass is 32.1. The van der Waals surface area contributed by atoms with Gasteiger partial charge in [-0.15, -0.1) is 11.3 Å². The standard InChI is InChI=1S/C13H7N3S/c14-8-9-1-2-12-11(7-9)16-13(17-12)10-3-5-15-6-4-10/h1-7H. The van der Waals surface area contributed by atoms with Gasteiger partial charge in [-0.2, -0.15) is 5.26 Å². The predicted octanol–water partition coefficient (Wildman–Crippen LogP) is 3.23. The molecular formula is C13H7N3S. The maximum Gasteiger partial charge on any atom is 0.124 e. The van der Waals surface area contributed by atoms with Gasteiger partial charge in [-0.25, -0.2) is 4.98 Å². The van der Waals surface area contributed by atoms with E-state index in [1.165, 1.54) is 0 Å². The first-order chi connectivity index (χ1) is 8.36. The minimum atomic E-state index is 0.643. The van der Waals surface area contributed by atoms with Gasteiger partial charge < -0.3 is 0 Å². The van der Waals surface area contributed by atoms with Crippen LogP contribution < -0.4 is 0 Å². The Morgan fingerprint density at radius 1 is 1.12 bits per heavy atom. The molecule has 0 spiro atoms. The number of hydrogen-bond donors (Lipinski definition) is 0. The van der Waals surface area contributed by atoms with E-state index in [4.69, 9.17) is 5.26 Å². The smallest absolute Gasteiger partial charge is 0.124 e. The molecule has 0 N–H and O–H groups in total. The van der Waals surface area contributed by atoms with Crippen LogP contribution in [0.3, 0.4) is 0 Å². The lowest BCUT2D eigenvalue weighted by molar-refractivity contribution is 1.32. The largest absolute Gasteiger partial charge is 0.265 e. The molecule has 3 nitrogen and oxygen atoms in total. The van der Waals surface area contributed by atoms with E-state index in [9.17, 15) is 0 Å². The van der Waals surface area contributed by atoms with Crippen molar-refractivity contribution in [2.24, 2.45) is 0 Å². The van der Waals surface area contributed by atoms with E-state index >= 15 is 0 Å². The van der Waals surface area contributed by atoms with Crippen LogP contribution in [0.15, 0.2) is 42.7 Å². The van der Waals surface area contributed by atoms with Crippen LogP contribution in [0, 0.1) is 11.3 Å². The van der Waals surface area contributed by atoms with E-state index in [-0.39, 0.29) is 0 Å². The zero-order chi connectivity index (χ0) is 11.7. The third-order valence-electron chi connectivity index (χ3n) is 2.44. The lowest BCUT2D eigenvalue weighted by atomic mass is 10.2. The molecule has 0 aliphatic carbocycles. The predicted molar refractivity (Wildman–Crippen MR) is 67.6 cm³/mol. The molecule has 0 bridgehead atoms. The fourth-order valence-corrected chi connectivity index (χ4v) is 2.57. The number of nitrogens with zero attached hydrogens (tertiary/aromatic N) is 3. The number of aromatic nitrogens is 2. The summed E-state index contributed by atoms with van der Waals surface area (Å²) in [6.45, 7) is 0. The van der Waals surface area contributed by atoms with Crippen molar-refractivity contribution >= 4 is 21.6 Å². The second-order valence-corrected chi connectivity index (χ2v) is 4.58. The number of nitriles is 1. The first kappa shape index (κ1) is 9.94. The van der Waals surface area contributed by atoms with Crippen molar-refractivity contribution < 1.29 is 0 Å². The van der Waals surface area contributed by atoms with E-state index in [0.717, 1.165) is 20.8 Å². The maximum atomic E-state index is 8.84. The zero-order valence-corrected chi connectivity index (χ0v) is 9.61. The summed E-state index contributed by atoms with van der Waals surface area (Å²) < 4.78 is 1.09. The number of benzene rings is 1. The molecule has 0 saturated carbocycles. The molecule has 0 radical (unpaired) electrons. The van der Waals surface area contributed by atoms with Crippen LogP contribution in [0.1, 0.15) is 5.56 Å². The molecule has 0 amide bonds. The van der Waals surface area contributed by atoms with Gasteiger partial charge in [0.2, 0.25) is 0 Å². The minimum absolute atomic E-state index is 0.643. The van der Waals surface area contributed by atoms with E-state index < -0.39 is 0 Å². The third-order valence-corrected chi connectivity index (χ3v) is 3.53. The average molecular weight is 237 g/mol. The summed E-state index contributed by atoms with van der Waals surface area (Å²) in [5, 5.41) is 9.79. The second kappa shape index (κ2) is 3.96. The molecule has 80 valence electrons. The molecule has 2 heterocycles. The minimum Gasteiger partial charge on any atom is -0.265 e. The van der Waals surface area contributed by atoms with Gasteiger partial charge in [-0.05, 0) is 30.3 Å². The van der Waals surface area contributed by atoms with Gasteiger partial charge in [-0.1, -0.05) is 0 Å². The SMILES string of the molecule is N#Cc1ccc2sc(-c3ccncc3)nc2c1. The topological polar surface area (TPSA) is 49.6 Å². The summed E-state index contributed by atoms with van der Waals surface area (Å²) in [5.74, 6) is 0. The highest BCUT2D eigenvalue weighted by Gasteiger charge is 2.06. The first-order valence-electron chi connectivity index (χ1n) is 5.08. The Kier molecular flexibility index (Phi) is 2.32. The van der Waals surface area contributed by atoms with Crippen LogP contribution in [0.25, 0.3) is 20.8 Å². The summed E-state index contributed by atoms with van der Waals surface area (Å²) in [4.78, 5) is 8.52. The van der Waals surface area contributed by atoms with E-state index in [0.29, 0.717) is 5.56 Å². The summed E-state index contributed by atoms with van der Waals surface area (Å²) >= 11 is 1.62. The van der Waals surface area contributed by atoms with E-state index in [1.807, 2.05) is 30.3 Å². The van der Waals surface area contributed by atoms with Crippen LogP contribution in [0.4, 0.5) is 0 Å². The Balaban J connectivity index is 2.18. The fourth-order valence-electron chi connectivity index (χ4n) is 1.61. The number of pyridine rings is 1. The first-order valence-corrected chi connectivity index (χ1v) is 5.89. The van der Waals surface area contributed by atoms with Gasteiger partial charge >= 0.3 is 0 Å². The van der Waals surface area contributed by atoms with Gasteiger partial charge in [-0.3, -0.25) is 4.98 Å². The Morgan fingerprint density at radius 3 is 2.71 bits per heavy atom. The zero-order valence-electron chi connectivity index (χ0n) is 8.79. The van der Waals surface area contributed by atoms with Crippen molar-refractivity contribution in [3.8, 4) is 16.6 Å². The molecule has 0 fully saturated rings. The summed E-state index contributed by atoms with van der Waals surface area (Å²) in [6, 6.07) is 11.6. The van der Waals surface area contributed by atoms with Crippen LogP contribution in [-0.4, -0.2) is 9.97 Å². The lowest BCUT2D eigenvalue weighted by Gasteiger charge is -1.91. The molecule has 2 aromatic heterocycles. The van der Waals surface area contributed by atoms with Crippen molar-refractivity contribution in [1.29, 1.82) is 5.26 Å². The van der Waals surface area contributed by atoms with Crippen LogP contribution in [-0.2, 0) is 0 Å². The van der Waals surface area contributed by atoms with Gasteiger partial charge in [0.05, 0.1) is 21.8 Å². The van der Waals surface area contributed by atoms with Gasteiger partial charge in [0.1, 0.15) is 5.01 Å². The van der Waals surface area contributed by atoms with Crippen molar-refractivity contribution in [1.82, 2.24) is 9.97 Å². The molecule has 0 aliphatic rings. The molecule has 0 unspecified atom stereocenters. The monoisotopic (exact) mass is 237 g/mol. The third kappa shape index (κ3) is 1.77. The van der Waals surface area contributed by atoms with Gasteiger partial charge in [0.25, 0.3) is 0 Å². The molecule has 3 aromatic rings. The number of thiazole rings is 1. The lowest BCUT2D eigenvalue weighted by Crippen LogP contribution is -1.76. The van der Waals surface area contributed by atoms with Crippen LogP contribution >= 0.6 is 11.3 Å². The molecule has 17 heavy (non-hydrogen) atoms. The Hall–Kier alpha value is -2.25. The molecule has 0 atom stereocenters. The molecule has 4 heteroatoms. The van der Waals surface area contributed by atoms with Crippen molar-refractivity contribution in [3.05, 3.63) is 48.3 Å².